The van der Waals surface area contributed by atoms with Gasteiger partial charge >= 0.3 is 6.18 Å². The molecule has 0 atom stereocenters. The number of benzene rings is 2. The number of halogens is 6. The number of aromatic nitrogens is 2. The number of hydrogen-bond acceptors (Lipinski definition) is 3. The van der Waals surface area contributed by atoms with Gasteiger partial charge in [-0.3, -0.25) is 0 Å². The lowest BCUT2D eigenvalue weighted by atomic mass is 10.1. The van der Waals surface area contributed by atoms with Crippen LogP contribution in [-0.4, -0.2) is 14.9 Å². The fourth-order valence-electron chi connectivity index (χ4n) is 2.85. The summed E-state index contributed by atoms with van der Waals surface area (Å²) in [5.41, 5.74) is -0.567. The molecule has 0 fully saturated rings. The number of nitrogens with zero attached hydrogens (tertiary/aromatic N) is 2. The van der Waals surface area contributed by atoms with Crippen LogP contribution in [-0.2, 0) is 6.18 Å². The van der Waals surface area contributed by atoms with E-state index in [2.05, 4.69) is 5.10 Å². The monoisotopic (exact) mass is 472 g/mol. The molecule has 0 aliphatic heterocycles. The second kappa shape index (κ2) is 7.61. The molecule has 0 bridgehead atoms. The van der Waals surface area contributed by atoms with Crippen LogP contribution in [0.15, 0.2) is 54.6 Å². The summed E-state index contributed by atoms with van der Waals surface area (Å²) in [4.78, 5) is 0.883. The molecule has 0 aliphatic carbocycles. The van der Waals surface area contributed by atoms with E-state index in [1.807, 2.05) is 0 Å². The Morgan fingerprint density at radius 3 is 2.40 bits per heavy atom. The van der Waals surface area contributed by atoms with Crippen LogP contribution in [0.3, 0.4) is 0 Å². The van der Waals surface area contributed by atoms with Crippen LogP contribution in [0.2, 0.25) is 10.0 Å². The van der Waals surface area contributed by atoms with Gasteiger partial charge in [0.25, 0.3) is 0 Å². The fourth-order valence-corrected chi connectivity index (χ4v) is 4.25. The molecule has 2 aromatic heterocycles. The molecule has 0 amide bonds. The molecule has 0 radical (unpaired) electrons. The molecule has 2 heterocycles. The highest BCUT2D eigenvalue weighted by molar-refractivity contribution is 7.18. The largest absolute Gasteiger partial charge is 0.507 e. The van der Waals surface area contributed by atoms with Gasteiger partial charge in [-0.05, 0) is 54.6 Å². The summed E-state index contributed by atoms with van der Waals surface area (Å²) in [5, 5.41) is 14.2. The number of rotatable bonds is 3. The lowest BCUT2D eigenvalue weighted by Crippen LogP contribution is -2.07. The van der Waals surface area contributed by atoms with Crippen molar-refractivity contribution in [1.29, 1.82) is 0 Å². The molecule has 0 aliphatic rings. The Kier molecular flexibility index (Phi) is 5.25. The van der Waals surface area contributed by atoms with Gasteiger partial charge in [-0.15, -0.1) is 11.3 Å². The molecule has 10 heteroatoms. The summed E-state index contributed by atoms with van der Waals surface area (Å²) in [7, 11) is 0. The van der Waals surface area contributed by atoms with Crippen LogP contribution in [0.1, 0.15) is 5.69 Å². The van der Waals surface area contributed by atoms with Crippen molar-refractivity contribution in [3.05, 3.63) is 76.2 Å². The maximum atomic E-state index is 13.6. The first-order valence-corrected chi connectivity index (χ1v) is 9.92. The van der Waals surface area contributed by atoms with E-state index >= 15 is 0 Å². The Bertz CT molecular complexity index is 1250. The van der Waals surface area contributed by atoms with E-state index in [9.17, 15) is 22.7 Å². The smallest absolute Gasteiger partial charge is 0.435 e. The number of phenols is 1. The second-order valence-corrected chi connectivity index (χ2v) is 8.17. The van der Waals surface area contributed by atoms with Gasteiger partial charge in [0.05, 0.1) is 21.3 Å². The van der Waals surface area contributed by atoms with Crippen LogP contribution < -0.4 is 0 Å². The van der Waals surface area contributed by atoms with Crippen LogP contribution in [0.4, 0.5) is 17.6 Å². The van der Waals surface area contributed by atoms with E-state index in [0.717, 1.165) is 34.2 Å². The van der Waals surface area contributed by atoms with Crippen molar-refractivity contribution in [3.63, 3.8) is 0 Å². The molecule has 2 aromatic carbocycles. The highest BCUT2D eigenvalue weighted by atomic mass is 35.5. The maximum Gasteiger partial charge on any atom is 0.435 e. The van der Waals surface area contributed by atoms with E-state index in [4.69, 9.17) is 23.2 Å². The zero-order valence-corrected chi connectivity index (χ0v) is 17.0. The average Bonchev–Trinajstić information content (AvgIpc) is 3.32. The third kappa shape index (κ3) is 3.90. The van der Waals surface area contributed by atoms with Crippen molar-refractivity contribution in [2.45, 2.75) is 6.18 Å². The minimum absolute atomic E-state index is 0.124. The van der Waals surface area contributed by atoms with Gasteiger partial charge in [0.1, 0.15) is 11.6 Å². The number of alkyl halides is 3. The molecule has 0 saturated carbocycles. The van der Waals surface area contributed by atoms with Crippen LogP contribution >= 0.6 is 34.5 Å². The highest BCUT2D eigenvalue weighted by Crippen LogP contribution is 2.41. The minimum Gasteiger partial charge on any atom is -0.507 e. The quantitative estimate of drug-likeness (QED) is 0.314. The SMILES string of the molecule is Oc1ccc(F)cc1-c1ccc(-c2cc(C(F)(F)F)nn2-c2cc(Cl)ccc2Cl)s1. The first-order valence-electron chi connectivity index (χ1n) is 8.35. The van der Waals surface area contributed by atoms with Gasteiger partial charge < -0.3 is 5.11 Å². The van der Waals surface area contributed by atoms with Crippen molar-refractivity contribution in [2.24, 2.45) is 0 Å². The van der Waals surface area contributed by atoms with Gasteiger partial charge in [-0.1, -0.05) is 23.2 Å². The topological polar surface area (TPSA) is 38.1 Å². The molecule has 0 unspecified atom stereocenters. The molecule has 30 heavy (non-hydrogen) atoms. The number of thiophene rings is 1. The summed E-state index contributed by atoms with van der Waals surface area (Å²) in [6.07, 6.45) is -4.67. The van der Waals surface area contributed by atoms with Gasteiger partial charge in [0, 0.05) is 15.5 Å². The molecule has 0 spiro atoms. The molecular formula is C20H10Cl2F4N2OS. The first-order chi connectivity index (χ1) is 14.1. The minimum atomic E-state index is -4.67. The predicted molar refractivity (Wildman–Crippen MR) is 109 cm³/mol. The van der Waals surface area contributed by atoms with Crippen molar-refractivity contribution >= 4 is 34.5 Å². The van der Waals surface area contributed by atoms with E-state index in [-0.39, 0.29) is 32.7 Å². The van der Waals surface area contributed by atoms with Crippen LogP contribution in [0.5, 0.6) is 5.75 Å². The second-order valence-electron chi connectivity index (χ2n) is 6.25. The Morgan fingerprint density at radius 1 is 0.933 bits per heavy atom. The third-order valence-electron chi connectivity index (χ3n) is 4.22. The third-order valence-corrected chi connectivity index (χ3v) is 5.91. The summed E-state index contributed by atoms with van der Waals surface area (Å²) < 4.78 is 54.7. The van der Waals surface area contributed by atoms with Crippen molar-refractivity contribution in [1.82, 2.24) is 9.78 Å². The van der Waals surface area contributed by atoms with Crippen molar-refractivity contribution in [3.8, 4) is 32.4 Å². The normalized spacial score (nSPS) is 11.8. The molecule has 4 rings (SSSR count). The Morgan fingerprint density at radius 2 is 1.67 bits per heavy atom. The average molecular weight is 473 g/mol. The zero-order chi connectivity index (χ0) is 21.6. The molecule has 1 N–H and O–H groups in total. The Hall–Kier alpha value is -2.55. The molecular weight excluding hydrogens is 463 g/mol. The fraction of sp³-hybridized carbons (Fsp3) is 0.0500. The lowest BCUT2D eigenvalue weighted by Gasteiger charge is -2.09. The van der Waals surface area contributed by atoms with Crippen molar-refractivity contribution in [2.75, 3.05) is 0 Å². The summed E-state index contributed by atoms with van der Waals surface area (Å²) in [6.45, 7) is 0. The highest BCUT2D eigenvalue weighted by Gasteiger charge is 2.35. The summed E-state index contributed by atoms with van der Waals surface area (Å²) in [5.74, 6) is -0.694. The zero-order valence-electron chi connectivity index (χ0n) is 14.7. The summed E-state index contributed by atoms with van der Waals surface area (Å²) in [6, 6.07) is 11.9. The summed E-state index contributed by atoms with van der Waals surface area (Å²) >= 11 is 13.3. The molecule has 3 nitrogen and oxygen atoms in total. The van der Waals surface area contributed by atoms with Gasteiger partial charge in [-0.25, -0.2) is 9.07 Å². The van der Waals surface area contributed by atoms with Gasteiger partial charge in [0.15, 0.2) is 5.69 Å². The van der Waals surface area contributed by atoms with Gasteiger partial charge in [-0.2, -0.15) is 18.3 Å². The van der Waals surface area contributed by atoms with E-state index < -0.39 is 17.7 Å². The van der Waals surface area contributed by atoms with E-state index in [0.29, 0.717) is 9.75 Å². The van der Waals surface area contributed by atoms with E-state index in [1.54, 1.807) is 12.1 Å². The molecule has 154 valence electrons. The number of phenolic OH excluding ortho intramolecular Hbond substituents is 1. The van der Waals surface area contributed by atoms with Gasteiger partial charge in [0.2, 0.25) is 0 Å². The Balaban J connectivity index is 1.89. The Labute approximate surface area is 181 Å². The van der Waals surface area contributed by atoms with E-state index in [1.165, 1.54) is 24.3 Å². The standard InChI is InChI=1S/C20H10Cl2F4N2OS/c21-10-1-3-13(22)14(7-10)28-15(9-19(27-28)20(24,25)26)18-6-5-17(30-18)12-8-11(23)2-4-16(12)29/h1-9,29H. The molecule has 0 saturated heterocycles. The molecule has 4 aromatic rings. The first kappa shape index (κ1) is 20.7. The number of aromatic hydroxyl groups is 1. The van der Waals surface area contributed by atoms with Crippen LogP contribution in [0, 0.1) is 5.82 Å². The predicted octanol–water partition coefficient (Wildman–Crippen LogP) is 7.44. The van der Waals surface area contributed by atoms with Crippen molar-refractivity contribution < 1.29 is 22.7 Å². The number of hydrogen-bond donors (Lipinski definition) is 1. The lowest BCUT2D eigenvalue weighted by molar-refractivity contribution is -0.141. The van der Waals surface area contributed by atoms with Crippen LogP contribution in [0.25, 0.3) is 26.7 Å². The maximum absolute atomic E-state index is 13.6.